The summed E-state index contributed by atoms with van der Waals surface area (Å²) in [5.74, 6) is 2.14. The average molecular weight is 290 g/mol. The number of hydrogen-bond donors (Lipinski definition) is 0. The normalized spacial score (nSPS) is 44.3. The van der Waals surface area contributed by atoms with Crippen molar-refractivity contribution < 1.29 is 4.79 Å². The smallest absolute Gasteiger partial charge is 0.144 e. The zero-order valence-electron chi connectivity index (χ0n) is 13.0. The van der Waals surface area contributed by atoms with E-state index in [1.54, 1.807) is 11.1 Å². The Morgan fingerprint density at radius 3 is 2.95 bits per heavy atom. The second kappa shape index (κ2) is 3.75. The van der Waals surface area contributed by atoms with E-state index in [4.69, 9.17) is 0 Å². The highest BCUT2D eigenvalue weighted by Gasteiger charge is 2.57. The van der Waals surface area contributed by atoms with Crippen molar-refractivity contribution in [1.82, 2.24) is 0 Å². The van der Waals surface area contributed by atoms with Crippen LogP contribution in [0.4, 0.5) is 0 Å². The van der Waals surface area contributed by atoms with E-state index in [0.29, 0.717) is 17.1 Å². The Kier molecular flexibility index (Phi) is 2.06. The van der Waals surface area contributed by atoms with Crippen molar-refractivity contribution in [3.63, 3.8) is 0 Å². The van der Waals surface area contributed by atoms with Crippen molar-refractivity contribution >= 4 is 5.78 Å². The lowest BCUT2D eigenvalue weighted by Gasteiger charge is -2.47. The summed E-state index contributed by atoms with van der Waals surface area (Å²) >= 11 is 0. The molecule has 4 atom stereocenters. The van der Waals surface area contributed by atoms with Crippen LogP contribution in [-0.2, 0) is 4.79 Å². The third-order valence-corrected chi connectivity index (χ3v) is 7.69. The predicted octanol–water partition coefficient (Wildman–Crippen LogP) is 4.67. The van der Waals surface area contributed by atoms with Gasteiger partial charge in [0.05, 0.1) is 5.92 Å². The summed E-state index contributed by atoms with van der Waals surface area (Å²) in [5, 5.41) is 0. The predicted molar refractivity (Wildman–Crippen MR) is 86.1 cm³/mol. The lowest BCUT2D eigenvalue weighted by atomic mass is 9.57. The van der Waals surface area contributed by atoms with Crippen LogP contribution in [0, 0.1) is 23.2 Å². The van der Waals surface area contributed by atoms with Crippen LogP contribution in [0.2, 0.25) is 0 Å². The van der Waals surface area contributed by atoms with E-state index in [1.165, 1.54) is 44.1 Å². The van der Waals surface area contributed by atoms with Gasteiger partial charge in [0.15, 0.2) is 0 Å². The summed E-state index contributed by atoms with van der Waals surface area (Å²) in [6.45, 7) is 0. The summed E-state index contributed by atoms with van der Waals surface area (Å²) in [6, 6.07) is 0. The van der Waals surface area contributed by atoms with Crippen LogP contribution in [-0.4, -0.2) is 5.78 Å². The van der Waals surface area contributed by atoms with E-state index >= 15 is 0 Å². The molecule has 0 aliphatic heterocycles. The summed E-state index contributed by atoms with van der Waals surface area (Å²) in [5.41, 5.74) is 8.87. The van der Waals surface area contributed by atoms with Crippen LogP contribution in [0.15, 0.2) is 46.1 Å². The fourth-order valence-corrected chi connectivity index (χ4v) is 6.93. The molecule has 1 fully saturated rings. The first-order chi connectivity index (χ1) is 10.8. The van der Waals surface area contributed by atoms with Gasteiger partial charge in [-0.1, -0.05) is 34.9 Å². The quantitative estimate of drug-likeness (QED) is 0.593. The average Bonchev–Trinajstić information content (AvgIpc) is 3.12. The molecule has 1 spiro atoms. The van der Waals surface area contributed by atoms with Gasteiger partial charge < -0.3 is 0 Å². The van der Waals surface area contributed by atoms with Gasteiger partial charge >= 0.3 is 0 Å². The Morgan fingerprint density at radius 2 is 2.00 bits per heavy atom. The third-order valence-electron chi connectivity index (χ3n) is 7.69. The van der Waals surface area contributed by atoms with Crippen LogP contribution in [0.1, 0.15) is 51.4 Å². The van der Waals surface area contributed by atoms with Crippen LogP contribution < -0.4 is 0 Å². The standard InChI is InChI=1S/C21H22O/c22-19-7-6-18-20-14(2-1-3-15(19)20)12-4-5-17-16(10-12)13-8-9-21(17,18)11-13/h1-3,12-13,15H,4-11H2. The molecule has 112 valence electrons. The Bertz CT molecular complexity index is 744. The molecular formula is C21H22O. The van der Waals surface area contributed by atoms with E-state index in [0.717, 1.165) is 18.8 Å². The molecule has 1 nitrogen and oxygen atoms in total. The van der Waals surface area contributed by atoms with Crippen molar-refractivity contribution in [3.8, 4) is 0 Å². The van der Waals surface area contributed by atoms with Gasteiger partial charge in [0, 0.05) is 11.8 Å². The number of ketones is 1. The lowest BCUT2D eigenvalue weighted by Crippen LogP contribution is -2.36. The number of hydrogen-bond acceptors (Lipinski definition) is 1. The third kappa shape index (κ3) is 1.19. The van der Waals surface area contributed by atoms with Crippen molar-refractivity contribution in [2.75, 3.05) is 0 Å². The van der Waals surface area contributed by atoms with Gasteiger partial charge in [-0.05, 0) is 67.9 Å². The Labute approximate surface area is 131 Å². The van der Waals surface area contributed by atoms with E-state index in [-0.39, 0.29) is 5.92 Å². The molecule has 0 saturated heterocycles. The molecule has 0 amide bonds. The summed E-state index contributed by atoms with van der Waals surface area (Å²) in [6.07, 6.45) is 16.7. The molecule has 5 bridgehead atoms. The van der Waals surface area contributed by atoms with Crippen molar-refractivity contribution in [2.24, 2.45) is 23.2 Å². The number of Topliss-reactive ketones (excluding diaryl/α,β-unsaturated/α-hetero) is 1. The molecule has 0 radical (unpaired) electrons. The Morgan fingerprint density at radius 1 is 1.05 bits per heavy atom. The Balaban J connectivity index is 1.70. The van der Waals surface area contributed by atoms with Gasteiger partial charge in [-0.15, -0.1) is 0 Å². The minimum Gasteiger partial charge on any atom is -0.299 e. The van der Waals surface area contributed by atoms with Gasteiger partial charge in [0.25, 0.3) is 0 Å². The highest BCUT2D eigenvalue weighted by molar-refractivity contribution is 5.90. The summed E-state index contributed by atoms with van der Waals surface area (Å²) in [4.78, 5) is 12.5. The molecule has 0 N–H and O–H groups in total. The number of carbonyl (C=O) groups is 1. The largest absolute Gasteiger partial charge is 0.299 e. The van der Waals surface area contributed by atoms with Gasteiger partial charge in [-0.3, -0.25) is 4.79 Å². The summed E-state index contributed by atoms with van der Waals surface area (Å²) < 4.78 is 0. The van der Waals surface area contributed by atoms with Gasteiger partial charge in [-0.2, -0.15) is 0 Å². The molecule has 1 heteroatoms. The first-order valence-electron chi connectivity index (χ1n) is 9.15. The molecule has 0 aromatic rings. The molecule has 7 aliphatic rings. The minimum absolute atomic E-state index is 0.0983. The van der Waals surface area contributed by atoms with Crippen LogP contribution in [0.25, 0.3) is 0 Å². The number of rotatable bonds is 0. The molecular weight excluding hydrogens is 268 g/mol. The van der Waals surface area contributed by atoms with Gasteiger partial charge in [0.1, 0.15) is 5.78 Å². The molecule has 7 aliphatic carbocycles. The van der Waals surface area contributed by atoms with Gasteiger partial charge in [0.2, 0.25) is 0 Å². The van der Waals surface area contributed by atoms with Crippen LogP contribution >= 0.6 is 0 Å². The van der Waals surface area contributed by atoms with Crippen molar-refractivity contribution in [2.45, 2.75) is 51.4 Å². The lowest BCUT2D eigenvalue weighted by molar-refractivity contribution is -0.121. The molecule has 22 heavy (non-hydrogen) atoms. The monoisotopic (exact) mass is 290 g/mol. The maximum Gasteiger partial charge on any atom is 0.144 e. The van der Waals surface area contributed by atoms with E-state index in [2.05, 4.69) is 18.2 Å². The summed E-state index contributed by atoms with van der Waals surface area (Å²) in [7, 11) is 0. The van der Waals surface area contributed by atoms with Crippen molar-refractivity contribution in [1.29, 1.82) is 0 Å². The topological polar surface area (TPSA) is 17.1 Å². The number of fused-ring (bicyclic) bond motifs is 2. The minimum atomic E-state index is 0.0983. The molecule has 0 aromatic heterocycles. The highest BCUT2D eigenvalue weighted by Crippen LogP contribution is 2.69. The zero-order chi connectivity index (χ0) is 14.5. The van der Waals surface area contributed by atoms with Crippen LogP contribution in [0.5, 0.6) is 0 Å². The molecule has 0 aromatic carbocycles. The zero-order valence-corrected chi connectivity index (χ0v) is 13.0. The molecule has 0 heterocycles. The second-order valence-electron chi connectivity index (χ2n) is 8.31. The Hall–Kier alpha value is -1.37. The highest BCUT2D eigenvalue weighted by atomic mass is 16.1. The number of allylic oxidation sites excluding steroid dienone is 8. The fourth-order valence-electron chi connectivity index (χ4n) is 6.93. The first-order valence-corrected chi connectivity index (χ1v) is 9.15. The SMILES string of the molecule is O=C1CCC2=C3C(=CC=CC13)C1CCC3=C(C1)C1CCC32C1. The van der Waals surface area contributed by atoms with Crippen molar-refractivity contribution in [3.05, 3.63) is 46.1 Å². The number of carbonyl (C=O) groups excluding carboxylic acids is 1. The molecule has 7 rings (SSSR count). The van der Waals surface area contributed by atoms with E-state index in [1.807, 2.05) is 11.1 Å². The molecule has 4 unspecified atom stereocenters. The maximum absolute atomic E-state index is 12.5. The van der Waals surface area contributed by atoms with Crippen LogP contribution in [0.3, 0.4) is 0 Å². The second-order valence-corrected chi connectivity index (χ2v) is 8.31. The van der Waals surface area contributed by atoms with E-state index in [9.17, 15) is 4.79 Å². The van der Waals surface area contributed by atoms with E-state index < -0.39 is 0 Å². The maximum atomic E-state index is 12.5. The molecule has 1 saturated carbocycles. The first kappa shape index (κ1) is 12.1. The van der Waals surface area contributed by atoms with Gasteiger partial charge in [-0.25, -0.2) is 0 Å². The fraction of sp³-hybridized carbons (Fsp3) is 0.571.